The van der Waals surface area contributed by atoms with Gasteiger partial charge in [0.05, 0.1) is 6.61 Å². The van der Waals surface area contributed by atoms with Crippen molar-refractivity contribution >= 4 is 0 Å². The van der Waals surface area contributed by atoms with E-state index in [1.54, 1.807) is 0 Å². The smallest absolute Gasteiger partial charge is 0.151 e. The minimum absolute atomic E-state index is 0.0880. The zero-order valence-electron chi connectivity index (χ0n) is 5.80. The van der Waals surface area contributed by atoms with E-state index in [0.29, 0.717) is 0 Å². The van der Waals surface area contributed by atoms with E-state index < -0.39 is 18.6 Å². The van der Waals surface area contributed by atoms with Gasteiger partial charge in [-0.1, -0.05) is 18.2 Å². The van der Waals surface area contributed by atoms with Crippen LogP contribution < -0.4 is 0 Å². The average Bonchev–Trinajstić information content (AvgIpc) is 2.04. The predicted octanol–water partition coefficient (Wildman–Crippen LogP) is 1.83. The van der Waals surface area contributed by atoms with Gasteiger partial charge in [0.2, 0.25) is 0 Å². The highest BCUT2D eigenvalue weighted by Crippen LogP contribution is 2.18. The molecule has 1 atom stereocenters. The molecule has 1 unspecified atom stereocenters. The van der Waals surface area contributed by atoms with Crippen molar-refractivity contribution in [3.63, 3.8) is 0 Å². The van der Waals surface area contributed by atoms with Crippen molar-refractivity contribution in [2.75, 3.05) is 6.61 Å². The van der Waals surface area contributed by atoms with Crippen molar-refractivity contribution < 1.29 is 13.9 Å². The molecule has 1 nitrogen and oxygen atoms in total. The zero-order valence-corrected chi connectivity index (χ0v) is 5.80. The van der Waals surface area contributed by atoms with E-state index in [1.807, 2.05) is 0 Å². The van der Waals surface area contributed by atoms with E-state index >= 15 is 0 Å². The Hall–Kier alpha value is -0.960. The number of alkyl halides is 1. The second-order valence-corrected chi connectivity index (χ2v) is 2.17. The second kappa shape index (κ2) is 3.44. The molecule has 1 aromatic rings. The van der Waals surface area contributed by atoms with Crippen LogP contribution in [0.1, 0.15) is 11.7 Å². The monoisotopic (exact) mass is 158 g/mol. The maximum atomic E-state index is 12.7. The molecule has 0 aromatic heterocycles. The lowest BCUT2D eigenvalue weighted by Crippen LogP contribution is -1.99. The molecule has 0 saturated carbocycles. The van der Waals surface area contributed by atoms with Gasteiger partial charge in [-0.2, -0.15) is 0 Å². The van der Waals surface area contributed by atoms with Gasteiger partial charge in [-0.25, -0.2) is 8.78 Å². The first-order valence-corrected chi connectivity index (χ1v) is 3.25. The van der Waals surface area contributed by atoms with Gasteiger partial charge < -0.3 is 5.11 Å². The van der Waals surface area contributed by atoms with Crippen molar-refractivity contribution in [1.82, 2.24) is 0 Å². The third-order valence-electron chi connectivity index (χ3n) is 1.40. The van der Waals surface area contributed by atoms with E-state index in [9.17, 15) is 8.78 Å². The van der Waals surface area contributed by atoms with E-state index in [-0.39, 0.29) is 5.56 Å². The Bertz CT molecular complexity index is 237. The van der Waals surface area contributed by atoms with Gasteiger partial charge in [0.25, 0.3) is 0 Å². The van der Waals surface area contributed by atoms with Crippen LogP contribution in [0.5, 0.6) is 0 Å². The SMILES string of the molecule is OCC(F)c1ccccc1F. The Morgan fingerprint density at radius 2 is 2.00 bits per heavy atom. The summed E-state index contributed by atoms with van der Waals surface area (Å²) in [5.41, 5.74) is -0.0880. The summed E-state index contributed by atoms with van der Waals surface area (Å²) in [6.07, 6.45) is -1.61. The number of hydrogen-bond acceptors (Lipinski definition) is 1. The van der Waals surface area contributed by atoms with Crippen LogP contribution in [0.2, 0.25) is 0 Å². The molecule has 0 radical (unpaired) electrons. The van der Waals surface area contributed by atoms with Crippen LogP contribution in [0, 0.1) is 5.82 Å². The molecule has 0 spiro atoms. The van der Waals surface area contributed by atoms with Crippen LogP contribution in [-0.2, 0) is 0 Å². The van der Waals surface area contributed by atoms with Crippen LogP contribution in [-0.4, -0.2) is 11.7 Å². The highest BCUT2D eigenvalue weighted by Gasteiger charge is 2.11. The molecule has 0 saturated heterocycles. The summed E-state index contributed by atoms with van der Waals surface area (Å²) in [6, 6.07) is 5.48. The molecule has 1 rings (SSSR count). The van der Waals surface area contributed by atoms with Crippen LogP contribution in [0.3, 0.4) is 0 Å². The molecule has 60 valence electrons. The fraction of sp³-hybridized carbons (Fsp3) is 0.250. The van der Waals surface area contributed by atoms with E-state index in [4.69, 9.17) is 5.11 Å². The first-order valence-electron chi connectivity index (χ1n) is 3.25. The Labute approximate surface area is 63.3 Å². The Kier molecular flexibility index (Phi) is 2.54. The number of aliphatic hydroxyl groups is 1. The van der Waals surface area contributed by atoms with Gasteiger partial charge in [-0.15, -0.1) is 0 Å². The quantitative estimate of drug-likeness (QED) is 0.696. The maximum absolute atomic E-state index is 12.7. The molecule has 1 N–H and O–H groups in total. The Morgan fingerprint density at radius 3 is 2.55 bits per heavy atom. The highest BCUT2D eigenvalue weighted by atomic mass is 19.1. The second-order valence-electron chi connectivity index (χ2n) is 2.17. The Morgan fingerprint density at radius 1 is 1.36 bits per heavy atom. The van der Waals surface area contributed by atoms with Crippen molar-refractivity contribution in [2.24, 2.45) is 0 Å². The van der Waals surface area contributed by atoms with Gasteiger partial charge >= 0.3 is 0 Å². The third kappa shape index (κ3) is 1.74. The molecule has 0 amide bonds. The first kappa shape index (κ1) is 8.14. The largest absolute Gasteiger partial charge is 0.393 e. The summed E-state index contributed by atoms with van der Waals surface area (Å²) in [6.45, 7) is -0.680. The van der Waals surface area contributed by atoms with Crippen LogP contribution in [0.4, 0.5) is 8.78 Å². The van der Waals surface area contributed by atoms with Crippen molar-refractivity contribution in [1.29, 1.82) is 0 Å². The standard InChI is InChI=1S/C8H8F2O/c9-7-4-2-1-3-6(7)8(10)5-11/h1-4,8,11H,5H2. The lowest BCUT2D eigenvalue weighted by Gasteiger charge is -2.04. The van der Waals surface area contributed by atoms with Crippen LogP contribution in [0.15, 0.2) is 24.3 Å². The lowest BCUT2D eigenvalue weighted by molar-refractivity contribution is 0.176. The summed E-state index contributed by atoms with van der Waals surface area (Å²) in [4.78, 5) is 0. The molecule has 3 heteroatoms. The Balaban J connectivity index is 2.93. The zero-order chi connectivity index (χ0) is 8.27. The first-order chi connectivity index (χ1) is 5.25. The molecule has 11 heavy (non-hydrogen) atoms. The molecule has 1 aromatic carbocycles. The predicted molar refractivity (Wildman–Crippen MR) is 37.3 cm³/mol. The van der Waals surface area contributed by atoms with Crippen molar-refractivity contribution in [3.8, 4) is 0 Å². The van der Waals surface area contributed by atoms with Gasteiger partial charge in [-0.05, 0) is 6.07 Å². The summed E-state index contributed by atoms with van der Waals surface area (Å²) in [5.74, 6) is -0.617. The molecular weight excluding hydrogens is 150 g/mol. The molecular formula is C8H8F2O. The van der Waals surface area contributed by atoms with Gasteiger partial charge in [0.1, 0.15) is 5.82 Å². The molecule has 0 fully saturated rings. The molecule has 0 bridgehead atoms. The summed E-state index contributed by atoms with van der Waals surface area (Å²) < 4.78 is 25.3. The molecule has 0 aliphatic heterocycles. The summed E-state index contributed by atoms with van der Waals surface area (Å²) >= 11 is 0. The lowest BCUT2D eigenvalue weighted by atomic mass is 10.1. The van der Waals surface area contributed by atoms with Gasteiger partial charge in [0, 0.05) is 5.56 Å². The van der Waals surface area contributed by atoms with E-state index in [2.05, 4.69) is 0 Å². The van der Waals surface area contributed by atoms with Crippen LogP contribution in [0.25, 0.3) is 0 Å². The summed E-state index contributed by atoms with van der Waals surface area (Å²) in [7, 11) is 0. The summed E-state index contributed by atoms with van der Waals surface area (Å²) in [5, 5.41) is 8.37. The maximum Gasteiger partial charge on any atom is 0.151 e. The topological polar surface area (TPSA) is 20.2 Å². The van der Waals surface area contributed by atoms with Crippen molar-refractivity contribution in [2.45, 2.75) is 6.17 Å². The fourth-order valence-electron chi connectivity index (χ4n) is 0.827. The number of benzene rings is 1. The van der Waals surface area contributed by atoms with E-state index in [1.165, 1.54) is 18.2 Å². The molecule has 0 heterocycles. The fourth-order valence-corrected chi connectivity index (χ4v) is 0.827. The van der Waals surface area contributed by atoms with Gasteiger partial charge in [0.15, 0.2) is 6.17 Å². The number of aliphatic hydroxyl groups excluding tert-OH is 1. The average molecular weight is 158 g/mol. The highest BCUT2D eigenvalue weighted by molar-refractivity contribution is 5.19. The number of halogens is 2. The minimum Gasteiger partial charge on any atom is -0.393 e. The van der Waals surface area contributed by atoms with Crippen molar-refractivity contribution in [3.05, 3.63) is 35.6 Å². The van der Waals surface area contributed by atoms with Crippen LogP contribution >= 0.6 is 0 Å². The number of hydrogen-bond donors (Lipinski definition) is 1. The minimum atomic E-state index is -1.61. The number of rotatable bonds is 2. The third-order valence-corrected chi connectivity index (χ3v) is 1.40. The van der Waals surface area contributed by atoms with E-state index in [0.717, 1.165) is 6.07 Å². The molecule has 0 aliphatic carbocycles. The normalized spacial score (nSPS) is 13.0. The van der Waals surface area contributed by atoms with Gasteiger partial charge in [-0.3, -0.25) is 0 Å². The molecule has 0 aliphatic rings.